The number of nitrogens with zero attached hydrogens (tertiary/aromatic N) is 3. The van der Waals surface area contributed by atoms with E-state index in [1.165, 1.54) is 23.1 Å². The first kappa shape index (κ1) is 26.3. The molecule has 0 aliphatic carbocycles. The highest BCUT2D eigenvalue weighted by Crippen LogP contribution is 2.37. The van der Waals surface area contributed by atoms with E-state index in [9.17, 15) is 22.0 Å². The molecule has 0 radical (unpaired) electrons. The van der Waals surface area contributed by atoms with Gasteiger partial charge in [0.15, 0.2) is 0 Å². The van der Waals surface area contributed by atoms with E-state index in [1.807, 2.05) is 4.72 Å². The van der Waals surface area contributed by atoms with Crippen molar-refractivity contribution in [1.29, 1.82) is 0 Å². The lowest BCUT2D eigenvalue weighted by Gasteiger charge is -2.37. The number of benzene rings is 2. The van der Waals surface area contributed by atoms with Crippen LogP contribution in [0.15, 0.2) is 36.4 Å². The first-order chi connectivity index (χ1) is 16.8. The normalized spacial score (nSPS) is 21.7. The summed E-state index contributed by atoms with van der Waals surface area (Å²) in [6.45, 7) is -0.308. The molecular weight excluding hydrogens is 507 g/mol. The van der Waals surface area contributed by atoms with Crippen LogP contribution in [0.2, 0.25) is 0 Å². The Morgan fingerprint density at radius 1 is 1.11 bits per heavy atom. The zero-order valence-electron chi connectivity index (χ0n) is 19.5. The molecule has 2 fully saturated rings. The summed E-state index contributed by atoms with van der Waals surface area (Å²) in [6.07, 6.45) is 0.242. The molecule has 2 aliphatic heterocycles. The topological polar surface area (TPSA) is 73.0 Å². The van der Waals surface area contributed by atoms with Gasteiger partial charge in [-0.25, -0.2) is 26.7 Å². The van der Waals surface area contributed by atoms with Crippen molar-refractivity contribution in [3.63, 3.8) is 0 Å². The molecular formula is C23H25F5N4O3S. The smallest absolute Gasteiger partial charge is 0.320 e. The second-order valence-electron chi connectivity index (χ2n) is 9.10. The molecule has 13 heteroatoms. The fourth-order valence-electron chi connectivity index (χ4n) is 4.36. The van der Waals surface area contributed by atoms with Gasteiger partial charge >= 0.3 is 6.03 Å². The SMILES string of the molecule is CN(C)S(=O)(=O)N[C@@H]1[C@H](Cc2cccc(-c3cc(F)cc(F)c3)c2F)N(C(=O)N2CCC2)CC1(F)F. The van der Waals surface area contributed by atoms with Crippen molar-refractivity contribution in [1.82, 2.24) is 18.8 Å². The molecule has 196 valence electrons. The third-order valence-electron chi connectivity index (χ3n) is 6.43. The number of likely N-dealkylation sites (tertiary alicyclic amines) is 2. The summed E-state index contributed by atoms with van der Waals surface area (Å²) in [5.41, 5.74) is -0.376. The highest BCUT2D eigenvalue weighted by Gasteiger charge is 2.58. The van der Waals surface area contributed by atoms with Crippen molar-refractivity contribution in [2.24, 2.45) is 0 Å². The van der Waals surface area contributed by atoms with Gasteiger partial charge in [-0.05, 0) is 36.1 Å². The number of alkyl halides is 2. The molecule has 2 aromatic carbocycles. The van der Waals surface area contributed by atoms with E-state index < -0.39 is 64.7 Å². The second kappa shape index (κ2) is 9.60. The third kappa shape index (κ3) is 5.04. The van der Waals surface area contributed by atoms with Crippen LogP contribution in [-0.4, -0.2) is 80.3 Å². The molecule has 4 rings (SSSR count). The number of urea groups is 1. The third-order valence-corrected chi connectivity index (χ3v) is 7.94. The number of halogens is 5. The summed E-state index contributed by atoms with van der Waals surface area (Å²) in [5.74, 6) is -6.40. The van der Waals surface area contributed by atoms with Gasteiger partial charge < -0.3 is 9.80 Å². The summed E-state index contributed by atoms with van der Waals surface area (Å²) in [4.78, 5) is 15.2. The van der Waals surface area contributed by atoms with Crippen LogP contribution in [0, 0.1) is 17.5 Å². The number of hydrogen-bond acceptors (Lipinski definition) is 3. The molecule has 2 saturated heterocycles. The summed E-state index contributed by atoms with van der Waals surface area (Å²) < 4.78 is 101. The molecule has 2 aromatic rings. The maximum absolute atomic E-state index is 15.5. The highest BCUT2D eigenvalue weighted by molar-refractivity contribution is 7.87. The maximum Gasteiger partial charge on any atom is 0.320 e. The van der Waals surface area contributed by atoms with Gasteiger partial charge in [-0.2, -0.15) is 17.4 Å². The average molecular weight is 533 g/mol. The first-order valence-corrected chi connectivity index (χ1v) is 12.6. The Bertz CT molecular complexity index is 1250. The number of amides is 2. The Labute approximate surface area is 205 Å². The van der Waals surface area contributed by atoms with Gasteiger partial charge in [0.25, 0.3) is 16.1 Å². The van der Waals surface area contributed by atoms with Crippen LogP contribution >= 0.6 is 0 Å². The molecule has 1 N–H and O–H groups in total. The fraction of sp³-hybridized carbons (Fsp3) is 0.435. The number of carbonyl (C=O) groups is 1. The monoisotopic (exact) mass is 532 g/mol. The molecule has 0 aromatic heterocycles. The van der Waals surface area contributed by atoms with E-state index in [1.54, 1.807) is 0 Å². The zero-order chi connectivity index (χ0) is 26.4. The lowest BCUT2D eigenvalue weighted by Crippen LogP contribution is -2.56. The van der Waals surface area contributed by atoms with Crippen molar-refractivity contribution in [3.05, 3.63) is 59.4 Å². The van der Waals surface area contributed by atoms with Gasteiger partial charge in [-0.1, -0.05) is 18.2 Å². The predicted octanol–water partition coefficient (Wildman–Crippen LogP) is 3.22. The number of hydrogen-bond donors (Lipinski definition) is 1. The summed E-state index contributed by atoms with van der Waals surface area (Å²) in [5, 5.41) is 0. The zero-order valence-corrected chi connectivity index (χ0v) is 20.3. The fourth-order valence-corrected chi connectivity index (χ4v) is 5.22. The quantitative estimate of drug-likeness (QED) is 0.581. The average Bonchev–Trinajstić information content (AvgIpc) is 2.97. The molecule has 2 heterocycles. The Balaban J connectivity index is 1.74. The lowest BCUT2D eigenvalue weighted by atomic mass is 9.95. The molecule has 0 saturated carbocycles. The van der Waals surface area contributed by atoms with Crippen LogP contribution in [0.25, 0.3) is 11.1 Å². The molecule has 36 heavy (non-hydrogen) atoms. The lowest BCUT2D eigenvalue weighted by molar-refractivity contribution is -0.00591. The van der Waals surface area contributed by atoms with Gasteiger partial charge in [-0.3, -0.25) is 0 Å². The maximum atomic E-state index is 15.5. The molecule has 2 atom stereocenters. The Morgan fingerprint density at radius 2 is 1.75 bits per heavy atom. The number of rotatable bonds is 6. The van der Waals surface area contributed by atoms with Crippen LogP contribution < -0.4 is 4.72 Å². The van der Waals surface area contributed by atoms with Crippen LogP contribution in [0.1, 0.15) is 12.0 Å². The molecule has 0 unspecified atom stereocenters. The summed E-state index contributed by atoms with van der Waals surface area (Å²) in [6, 6.07) is 2.31. The molecule has 7 nitrogen and oxygen atoms in total. The minimum atomic E-state index is -4.33. The number of nitrogens with one attached hydrogen (secondary N) is 1. The van der Waals surface area contributed by atoms with Crippen LogP contribution in [0.4, 0.5) is 26.7 Å². The van der Waals surface area contributed by atoms with Gasteiger partial charge in [0.2, 0.25) is 0 Å². The van der Waals surface area contributed by atoms with Crippen molar-refractivity contribution in [3.8, 4) is 11.1 Å². The Hall–Kier alpha value is -2.77. The largest absolute Gasteiger partial charge is 0.325 e. The Morgan fingerprint density at radius 3 is 2.31 bits per heavy atom. The summed E-state index contributed by atoms with van der Waals surface area (Å²) >= 11 is 0. The van der Waals surface area contributed by atoms with Crippen molar-refractivity contribution < 1.29 is 35.2 Å². The predicted molar refractivity (Wildman–Crippen MR) is 122 cm³/mol. The van der Waals surface area contributed by atoms with E-state index in [-0.39, 0.29) is 16.7 Å². The second-order valence-corrected chi connectivity index (χ2v) is 11.0. The van der Waals surface area contributed by atoms with Gasteiger partial charge in [0.1, 0.15) is 23.5 Å². The van der Waals surface area contributed by atoms with E-state index in [2.05, 4.69) is 0 Å². The van der Waals surface area contributed by atoms with Crippen molar-refractivity contribution in [2.45, 2.75) is 30.8 Å². The van der Waals surface area contributed by atoms with Crippen molar-refractivity contribution >= 4 is 16.2 Å². The van der Waals surface area contributed by atoms with E-state index in [0.717, 1.165) is 35.4 Å². The van der Waals surface area contributed by atoms with E-state index >= 15 is 13.2 Å². The minimum Gasteiger partial charge on any atom is -0.325 e. The highest BCUT2D eigenvalue weighted by atomic mass is 32.2. The number of carbonyl (C=O) groups excluding carboxylic acids is 1. The van der Waals surface area contributed by atoms with Crippen molar-refractivity contribution in [2.75, 3.05) is 33.7 Å². The van der Waals surface area contributed by atoms with Gasteiger partial charge in [-0.15, -0.1) is 0 Å². The molecule has 0 bridgehead atoms. The van der Waals surface area contributed by atoms with Crippen LogP contribution in [0.5, 0.6) is 0 Å². The standard InChI is InChI=1S/C23H25F5N4O3S/c1-30(2)36(34,35)29-21-19(32(13-23(21,27)28)22(33)31-7-4-8-31)11-14-5-3-6-18(20(14)26)15-9-16(24)12-17(25)10-15/h3,5-6,9-10,12,19,21,29H,4,7-8,11,13H2,1-2H3/t19-,21+/m0/s1. The first-order valence-electron chi connectivity index (χ1n) is 11.2. The van der Waals surface area contributed by atoms with Gasteiger partial charge in [0, 0.05) is 38.8 Å². The van der Waals surface area contributed by atoms with E-state index in [0.29, 0.717) is 25.6 Å². The Kier molecular flexibility index (Phi) is 7.01. The molecule has 2 amide bonds. The summed E-state index contributed by atoms with van der Waals surface area (Å²) in [7, 11) is -2.01. The minimum absolute atomic E-state index is 0.0954. The van der Waals surface area contributed by atoms with Crippen LogP contribution in [-0.2, 0) is 16.6 Å². The molecule has 2 aliphatic rings. The van der Waals surface area contributed by atoms with Gasteiger partial charge in [0.05, 0.1) is 12.6 Å². The molecule has 0 spiro atoms. The van der Waals surface area contributed by atoms with E-state index in [4.69, 9.17) is 0 Å². The van der Waals surface area contributed by atoms with Crippen LogP contribution in [0.3, 0.4) is 0 Å².